The summed E-state index contributed by atoms with van der Waals surface area (Å²) in [6.45, 7) is 3.83. The Kier molecular flexibility index (Phi) is 3.18. The molecule has 1 heterocycles. The molecular weight excluding hydrogens is 210 g/mol. The number of hydrogen-bond acceptors (Lipinski definition) is 3. The predicted octanol–water partition coefficient (Wildman–Crippen LogP) is 1.30. The van der Waals surface area contributed by atoms with Gasteiger partial charge < -0.3 is 10.2 Å². The lowest BCUT2D eigenvalue weighted by Gasteiger charge is -2.48. The fourth-order valence-corrected chi connectivity index (χ4v) is 3.43. The number of likely N-dealkylation sites (tertiary alicyclic amines) is 1. The van der Waals surface area contributed by atoms with Crippen LogP contribution in [0.3, 0.4) is 0 Å². The van der Waals surface area contributed by atoms with E-state index in [9.17, 15) is 0 Å². The molecule has 0 amide bonds. The van der Waals surface area contributed by atoms with Crippen LogP contribution in [0.2, 0.25) is 0 Å². The van der Waals surface area contributed by atoms with E-state index in [0.29, 0.717) is 5.54 Å². The van der Waals surface area contributed by atoms with Crippen LogP contribution in [0.5, 0.6) is 0 Å². The summed E-state index contributed by atoms with van der Waals surface area (Å²) < 4.78 is 0. The minimum atomic E-state index is 0.479. The van der Waals surface area contributed by atoms with Crippen molar-refractivity contribution < 1.29 is 0 Å². The minimum absolute atomic E-state index is 0.479. The van der Waals surface area contributed by atoms with Gasteiger partial charge in [0.15, 0.2) is 0 Å². The second-order valence-corrected chi connectivity index (χ2v) is 6.56. The molecule has 3 heteroatoms. The quantitative estimate of drug-likeness (QED) is 0.777. The van der Waals surface area contributed by atoms with Gasteiger partial charge in [-0.05, 0) is 52.6 Å². The minimum Gasteiger partial charge on any atom is -0.311 e. The number of likely N-dealkylation sites (N-methyl/N-ethyl adjacent to an activating group) is 1. The molecule has 0 aromatic carbocycles. The summed E-state index contributed by atoms with van der Waals surface area (Å²) in [6.07, 6.45) is 8.44. The van der Waals surface area contributed by atoms with Gasteiger partial charge in [0, 0.05) is 37.3 Å². The molecule has 2 aliphatic carbocycles. The van der Waals surface area contributed by atoms with E-state index >= 15 is 0 Å². The van der Waals surface area contributed by atoms with E-state index in [1.54, 1.807) is 0 Å². The van der Waals surface area contributed by atoms with Crippen LogP contribution in [0.4, 0.5) is 0 Å². The van der Waals surface area contributed by atoms with Crippen LogP contribution < -0.4 is 5.32 Å². The van der Waals surface area contributed by atoms with Gasteiger partial charge in [0.25, 0.3) is 0 Å². The Labute approximate surface area is 106 Å². The van der Waals surface area contributed by atoms with E-state index in [4.69, 9.17) is 0 Å². The van der Waals surface area contributed by atoms with E-state index in [2.05, 4.69) is 29.2 Å². The topological polar surface area (TPSA) is 18.5 Å². The molecule has 0 radical (unpaired) electrons. The van der Waals surface area contributed by atoms with Crippen molar-refractivity contribution in [2.75, 3.05) is 33.7 Å². The first-order valence-corrected chi connectivity index (χ1v) is 7.34. The van der Waals surface area contributed by atoms with Gasteiger partial charge >= 0.3 is 0 Å². The van der Waals surface area contributed by atoms with Gasteiger partial charge in [0.2, 0.25) is 0 Å². The summed E-state index contributed by atoms with van der Waals surface area (Å²) in [5.41, 5.74) is 0.479. The van der Waals surface area contributed by atoms with E-state index in [1.807, 2.05) is 0 Å². The van der Waals surface area contributed by atoms with Gasteiger partial charge in [-0.1, -0.05) is 0 Å². The highest BCUT2D eigenvalue weighted by molar-refractivity contribution is 4.99. The SMILES string of the molecule is CN(C)C1(CNC2CCN(C3CC3)C2)CCC1. The molecule has 1 saturated heterocycles. The predicted molar refractivity (Wildman–Crippen MR) is 71.3 cm³/mol. The van der Waals surface area contributed by atoms with Gasteiger partial charge in [-0.15, -0.1) is 0 Å². The normalized spacial score (nSPS) is 33.0. The van der Waals surface area contributed by atoms with E-state index < -0.39 is 0 Å². The molecule has 98 valence electrons. The molecule has 0 bridgehead atoms. The molecule has 0 spiro atoms. The number of nitrogens with one attached hydrogen (secondary N) is 1. The van der Waals surface area contributed by atoms with Crippen molar-refractivity contribution in [1.82, 2.24) is 15.1 Å². The standard InChI is InChI=1S/C14H27N3/c1-16(2)14(7-3-8-14)11-15-12-6-9-17(10-12)13-4-5-13/h12-13,15H,3-11H2,1-2H3. The molecule has 3 rings (SSSR count). The third-order valence-electron chi connectivity index (χ3n) is 5.24. The largest absolute Gasteiger partial charge is 0.311 e. The summed E-state index contributed by atoms with van der Waals surface area (Å²) in [4.78, 5) is 5.14. The lowest BCUT2D eigenvalue weighted by Crippen LogP contribution is -2.58. The Morgan fingerprint density at radius 1 is 1.24 bits per heavy atom. The maximum atomic E-state index is 3.84. The maximum absolute atomic E-state index is 3.84. The molecule has 1 atom stereocenters. The maximum Gasteiger partial charge on any atom is 0.0328 e. The van der Waals surface area contributed by atoms with Crippen LogP contribution in [-0.2, 0) is 0 Å². The first-order valence-electron chi connectivity index (χ1n) is 7.34. The Hall–Kier alpha value is -0.120. The molecule has 3 nitrogen and oxygen atoms in total. The molecule has 3 fully saturated rings. The summed E-state index contributed by atoms with van der Waals surface area (Å²) in [5, 5.41) is 3.84. The molecule has 3 aliphatic rings. The average Bonchev–Trinajstić information content (AvgIpc) is 2.97. The second-order valence-electron chi connectivity index (χ2n) is 6.56. The second kappa shape index (κ2) is 4.52. The summed E-state index contributed by atoms with van der Waals surface area (Å²) in [5.74, 6) is 0. The zero-order valence-electron chi connectivity index (χ0n) is 11.4. The van der Waals surface area contributed by atoms with Gasteiger partial charge in [0.1, 0.15) is 0 Å². The molecule has 17 heavy (non-hydrogen) atoms. The van der Waals surface area contributed by atoms with Crippen molar-refractivity contribution >= 4 is 0 Å². The van der Waals surface area contributed by atoms with Crippen LogP contribution >= 0.6 is 0 Å². The van der Waals surface area contributed by atoms with Gasteiger partial charge in [-0.2, -0.15) is 0 Å². The molecule has 1 aliphatic heterocycles. The first kappa shape index (κ1) is 11.9. The van der Waals surface area contributed by atoms with Gasteiger partial charge in [-0.25, -0.2) is 0 Å². The highest BCUT2D eigenvalue weighted by atomic mass is 15.2. The summed E-state index contributed by atoms with van der Waals surface area (Å²) in [7, 11) is 4.48. The molecule has 1 N–H and O–H groups in total. The fraction of sp³-hybridized carbons (Fsp3) is 1.00. The van der Waals surface area contributed by atoms with Crippen molar-refractivity contribution in [3.63, 3.8) is 0 Å². The molecule has 0 aromatic rings. The number of nitrogens with zero attached hydrogens (tertiary/aromatic N) is 2. The zero-order valence-corrected chi connectivity index (χ0v) is 11.4. The lowest BCUT2D eigenvalue weighted by molar-refractivity contribution is 0.0573. The van der Waals surface area contributed by atoms with E-state index in [0.717, 1.165) is 12.1 Å². The third-order valence-corrected chi connectivity index (χ3v) is 5.24. The lowest BCUT2D eigenvalue weighted by atomic mass is 9.75. The van der Waals surface area contributed by atoms with E-state index in [1.165, 1.54) is 58.2 Å². The Bertz CT molecular complexity index is 269. The number of rotatable bonds is 5. The Balaban J connectivity index is 1.45. The average molecular weight is 237 g/mol. The fourth-order valence-electron chi connectivity index (χ4n) is 3.43. The van der Waals surface area contributed by atoms with Crippen LogP contribution in [0.1, 0.15) is 38.5 Å². The Morgan fingerprint density at radius 3 is 2.53 bits per heavy atom. The molecule has 0 aromatic heterocycles. The van der Waals surface area contributed by atoms with Crippen molar-refractivity contribution in [2.24, 2.45) is 0 Å². The number of hydrogen-bond donors (Lipinski definition) is 1. The van der Waals surface area contributed by atoms with Crippen molar-refractivity contribution in [3.8, 4) is 0 Å². The molecular formula is C14H27N3. The van der Waals surface area contributed by atoms with Crippen LogP contribution in [0.15, 0.2) is 0 Å². The zero-order chi connectivity index (χ0) is 11.9. The van der Waals surface area contributed by atoms with Crippen LogP contribution in [0.25, 0.3) is 0 Å². The Morgan fingerprint density at radius 2 is 2.00 bits per heavy atom. The van der Waals surface area contributed by atoms with Crippen LogP contribution in [0, 0.1) is 0 Å². The third kappa shape index (κ3) is 2.38. The van der Waals surface area contributed by atoms with Crippen molar-refractivity contribution in [2.45, 2.75) is 56.1 Å². The van der Waals surface area contributed by atoms with Gasteiger partial charge in [0.05, 0.1) is 0 Å². The smallest absolute Gasteiger partial charge is 0.0328 e. The monoisotopic (exact) mass is 237 g/mol. The van der Waals surface area contributed by atoms with E-state index in [-0.39, 0.29) is 0 Å². The highest BCUT2D eigenvalue weighted by Crippen LogP contribution is 2.36. The van der Waals surface area contributed by atoms with Gasteiger partial charge in [-0.3, -0.25) is 4.90 Å². The first-order chi connectivity index (χ1) is 8.20. The summed E-state index contributed by atoms with van der Waals surface area (Å²) in [6, 6.07) is 1.71. The molecule has 2 saturated carbocycles. The highest BCUT2D eigenvalue weighted by Gasteiger charge is 2.40. The van der Waals surface area contributed by atoms with Crippen molar-refractivity contribution in [1.29, 1.82) is 0 Å². The summed E-state index contributed by atoms with van der Waals surface area (Å²) >= 11 is 0. The molecule has 1 unspecified atom stereocenters. The van der Waals surface area contributed by atoms with Crippen LogP contribution in [-0.4, -0.2) is 61.2 Å². The van der Waals surface area contributed by atoms with Crippen molar-refractivity contribution in [3.05, 3.63) is 0 Å².